The SMILES string of the molecule is COCCCCC(O)COC. The van der Waals surface area contributed by atoms with Gasteiger partial charge in [-0.25, -0.2) is 0 Å². The van der Waals surface area contributed by atoms with E-state index in [4.69, 9.17) is 9.47 Å². The molecular formula is C8H18O3. The summed E-state index contributed by atoms with van der Waals surface area (Å²) in [7, 11) is 3.28. The lowest BCUT2D eigenvalue weighted by Gasteiger charge is -2.07. The molecule has 1 unspecified atom stereocenters. The average Bonchev–Trinajstić information content (AvgIpc) is 1.99. The lowest BCUT2D eigenvalue weighted by atomic mass is 10.2. The Hall–Kier alpha value is -0.120. The average molecular weight is 162 g/mol. The van der Waals surface area contributed by atoms with Gasteiger partial charge in [-0.2, -0.15) is 0 Å². The first-order valence-corrected chi connectivity index (χ1v) is 3.97. The van der Waals surface area contributed by atoms with Crippen molar-refractivity contribution in [1.82, 2.24) is 0 Å². The quantitative estimate of drug-likeness (QED) is 0.563. The number of unbranched alkanes of at least 4 members (excludes halogenated alkanes) is 1. The van der Waals surface area contributed by atoms with Crippen LogP contribution < -0.4 is 0 Å². The molecule has 0 aromatic carbocycles. The number of ether oxygens (including phenoxy) is 2. The summed E-state index contributed by atoms with van der Waals surface area (Å²) < 4.78 is 9.65. The van der Waals surface area contributed by atoms with Gasteiger partial charge in [0.2, 0.25) is 0 Å². The second-order valence-corrected chi connectivity index (χ2v) is 2.60. The smallest absolute Gasteiger partial charge is 0.0773 e. The fourth-order valence-corrected chi connectivity index (χ4v) is 0.902. The van der Waals surface area contributed by atoms with Gasteiger partial charge in [0.15, 0.2) is 0 Å². The van der Waals surface area contributed by atoms with Crippen molar-refractivity contribution in [2.75, 3.05) is 27.4 Å². The van der Waals surface area contributed by atoms with Crippen molar-refractivity contribution in [2.24, 2.45) is 0 Å². The number of aliphatic hydroxyl groups excluding tert-OH is 1. The Kier molecular flexibility index (Phi) is 7.89. The normalized spacial score (nSPS) is 13.4. The number of aliphatic hydroxyl groups is 1. The van der Waals surface area contributed by atoms with Gasteiger partial charge in [-0.05, 0) is 19.3 Å². The molecule has 0 aromatic rings. The first-order valence-electron chi connectivity index (χ1n) is 3.97. The van der Waals surface area contributed by atoms with E-state index >= 15 is 0 Å². The van der Waals surface area contributed by atoms with Crippen molar-refractivity contribution in [1.29, 1.82) is 0 Å². The molecule has 0 amide bonds. The van der Waals surface area contributed by atoms with Gasteiger partial charge in [0.05, 0.1) is 12.7 Å². The van der Waals surface area contributed by atoms with Crippen molar-refractivity contribution < 1.29 is 14.6 Å². The molecular weight excluding hydrogens is 144 g/mol. The predicted octanol–water partition coefficient (Wildman–Crippen LogP) is 0.810. The van der Waals surface area contributed by atoms with E-state index in [9.17, 15) is 5.11 Å². The molecule has 68 valence electrons. The molecule has 0 aliphatic heterocycles. The monoisotopic (exact) mass is 162 g/mol. The summed E-state index contributed by atoms with van der Waals surface area (Å²) in [6.07, 6.45) is 2.50. The van der Waals surface area contributed by atoms with Crippen molar-refractivity contribution >= 4 is 0 Å². The molecule has 3 nitrogen and oxygen atoms in total. The van der Waals surface area contributed by atoms with Crippen LogP contribution in [0, 0.1) is 0 Å². The molecule has 0 spiro atoms. The zero-order chi connectivity index (χ0) is 8.53. The van der Waals surface area contributed by atoms with E-state index in [-0.39, 0.29) is 6.10 Å². The summed E-state index contributed by atoms with van der Waals surface area (Å²) in [5, 5.41) is 9.18. The van der Waals surface area contributed by atoms with E-state index in [1.807, 2.05) is 0 Å². The van der Waals surface area contributed by atoms with Gasteiger partial charge in [-0.15, -0.1) is 0 Å². The topological polar surface area (TPSA) is 38.7 Å². The van der Waals surface area contributed by atoms with E-state index in [0.29, 0.717) is 6.61 Å². The Balaban J connectivity index is 2.97. The van der Waals surface area contributed by atoms with Gasteiger partial charge < -0.3 is 14.6 Å². The highest BCUT2D eigenvalue weighted by molar-refractivity contribution is 4.53. The van der Waals surface area contributed by atoms with E-state index < -0.39 is 0 Å². The Morgan fingerprint density at radius 3 is 2.45 bits per heavy atom. The Morgan fingerprint density at radius 2 is 1.91 bits per heavy atom. The van der Waals surface area contributed by atoms with Crippen LogP contribution in [0.1, 0.15) is 19.3 Å². The molecule has 3 heteroatoms. The van der Waals surface area contributed by atoms with E-state index in [2.05, 4.69) is 0 Å². The largest absolute Gasteiger partial charge is 0.391 e. The van der Waals surface area contributed by atoms with Crippen LogP contribution >= 0.6 is 0 Å². The maximum atomic E-state index is 9.18. The molecule has 0 fully saturated rings. The van der Waals surface area contributed by atoms with E-state index in [1.54, 1.807) is 14.2 Å². The fraction of sp³-hybridized carbons (Fsp3) is 1.00. The number of hydrogen-bond donors (Lipinski definition) is 1. The highest BCUT2D eigenvalue weighted by Crippen LogP contribution is 2.00. The fourth-order valence-electron chi connectivity index (χ4n) is 0.902. The molecule has 0 bridgehead atoms. The summed E-state index contributed by atoms with van der Waals surface area (Å²) in [5.74, 6) is 0. The maximum absolute atomic E-state index is 9.18. The molecule has 0 saturated carbocycles. The van der Waals surface area contributed by atoms with Gasteiger partial charge in [0.25, 0.3) is 0 Å². The molecule has 0 aliphatic rings. The Morgan fingerprint density at radius 1 is 1.18 bits per heavy atom. The second kappa shape index (κ2) is 7.98. The van der Waals surface area contributed by atoms with Gasteiger partial charge in [-0.1, -0.05) is 0 Å². The number of hydrogen-bond acceptors (Lipinski definition) is 3. The zero-order valence-corrected chi connectivity index (χ0v) is 7.38. The first-order chi connectivity index (χ1) is 5.31. The second-order valence-electron chi connectivity index (χ2n) is 2.60. The predicted molar refractivity (Wildman–Crippen MR) is 43.6 cm³/mol. The molecule has 1 atom stereocenters. The summed E-state index contributed by atoms with van der Waals surface area (Å²) in [6.45, 7) is 1.21. The standard InChI is InChI=1S/C8H18O3/c1-10-6-4-3-5-8(9)7-11-2/h8-9H,3-7H2,1-2H3. The molecule has 11 heavy (non-hydrogen) atoms. The lowest BCUT2D eigenvalue weighted by Crippen LogP contribution is -2.13. The molecule has 1 N–H and O–H groups in total. The molecule has 0 rings (SSSR count). The van der Waals surface area contributed by atoms with Gasteiger partial charge in [0, 0.05) is 20.8 Å². The summed E-state index contributed by atoms with van der Waals surface area (Å²) in [4.78, 5) is 0. The molecule has 0 aliphatic carbocycles. The van der Waals surface area contributed by atoms with E-state index in [0.717, 1.165) is 25.9 Å². The van der Waals surface area contributed by atoms with Crippen LogP contribution in [0.15, 0.2) is 0 Å². The van der Waals surface area contributed by atoms with Gasteiger partial charge in [-0.3, -0.25) is 0 Å². The minimum atomic E-state index is -0.308. The molecule has 0 heterocycles. The molecule has 0 aromatic heterocycles. The Bertz CT molecular complexity index is 75.7. The van der Waals surface area contributed by atoms with Crippen LogP contribution in [0.4, 0.5) is 0 Å². The van der Waals surface area contributed by atoms with Crippen molar-refractivity contribution in [3.8, 4) is 0 Å². The number of rotatable bonds is 7. The van der Waals surface area contributed by atoms with Crippen LogP contribution in [-0.2, 0) is 9.47 Å². The maximum Gasteiger partial charge on any atom is 0.0773 e. The van der Waals surface area contributed by atoms with Gasteiger partial charge >= 0.3 is 0 Å². The van der Waals surface area contributed by atoms with Crippen molar-refractivity contribution in [3.05, 3.63) is 0 Å². The minimum Gasteiger partial charge on any atom is -0.391 e. The first kappa shape index (κ1) is 10.9. The summed E-state index contributed by atoms with van der Waals surface area (Å²) in [5.41, 5.74) is 0. The zero-order valence-electron chi connectivity index (χ0n) is 7.38. The molecule has 0 saturated heterocycles. The van der Waals surface area contributed by atoms with E-state index in [1.165, 1.54) is 0 Å². The summed E-state index contributed by atoms with van der Waals surface area (Å²) >= 11 is 0. The van der Waals surface area contributed by atoms with Crippen molar-refractivity contribution in [2.45, 2.75) is 25.4 Å². The third-order valence-corrected chi connectivity index (χ3v) is 1.49. The third-order valence-electron chi connectivity index (χ3n) is 1.49. The Labute approximate surface area is 68.3 Å². The highest BCUT2D eigenvalue weighted by atomic mass is 16.5. The van der Waals surface area contributed by atoms with Crippen LogP contribution in [0.5, 0.6) is 0 Å². The van der Waals surface area contributed by atoms with Crippen LogP contribution in [0.25, 0.3) is 0 Å². The molecule has 0 radical (unpaired) electrons. The van der Waals surface area contributed by atoms with Crippen molar-refractivity contribution in [3.63, 3.8) is 0 Å². The minimum absolute atomic E-state index is 0.308. The lowest BCUT2D eigenvalue weighted by molar-refractivity contribution is 0.0561. The van der Waals surface area contributed by atoms with Crippen LogP contribution in [-0.4, -0.2) is 38.6 Å². The van der Waals surface area contributed by atoms with Crippen LogP contribution in [0.2, 0.25) is 0 Å². The number of methoxy groups -OCH3 is 2. The van der Waals surface area contributed by atoms with Crippen LogP contribution in [0.3, 0.4) is 0 Å². The third kappa shape index (κ3) is 7.78. The summed E-state index contributed by atoms with van der Waals surface area (Å²) in [6, 6.07) is 0. The van der Waals surface area contributed by atoms with Gasteiger partial charge in [0.1, 0.15) is 0 Å². The highest BCUT2D eigenvalue weighted by Gasteiger charge is 2.01.